The van der Waals surface area contributed by atoms with Gasteiger partial charge in [0, 0.05) is 16.3 Å². The van der Waals surface area contributed by atoms with E-state index in [0.29, 0.717) is 10.7 Å². The first-order chi connectivity index (χ1) is 6.75. The molecule has 1 aliphatic rings. The monoisotopic (exact) mass is 338 g/mol. The predicted molar refractivity (Wildman–Crippen MR) is 67.4 cm³/mol. The van der Waals surface area contributed by atoms with E-state index in [1.807, 2.05) is 11.3 Å². The van der Waals surface area contributed by atoms with Crippen molar-refractivity contribution in [3.05, 3.63) is 20.8 Å². The zero-order chi connectivity index (χ0) is 9.97. The molecule has 2 atom stereocenters. The molecule has 0 saturated carbocycles. The molecule has 1 fully saturated rings. The Morgan fingerprint density at radius 2 is 2.36 bits per heavy atom. The van der Waals surface area contributed by atoms with Crippen molar-refractivity contribution in [2.45, 2.75) is 17.7 Å². The van der Waals surface area contributed by atoms with E-state index in [1.165, 1.54) is 8.66 Å². The van der Waals surface area contributed by atoms with E-state index in [0.717, 1.165) is 26.1 Å². The molecule has 1 nitrogen and oxygen atoms in total. The maximum Gasteiger partial charge on any atom is 0.0701 e. The van der Waals surface area contributed by atoms with Gasteiger partial charge in [-0.05, 0) is 46.8 Å². The molecular weight excluding hydrogens is 328 g/mol. The molecule has 0 amide bonds. The van der Waals surface area contributed by atoms with E-state index in [1.54, 1.807) is 0 Å². The smallest absolute Gasteiger partial charge is 0.0701 e. The Bertz CT molecular complexity index is 300. The highest BCUT2D eigenvalue weighted by molar-refractivity contribution is 9.11. The number of halogens is 2. The number of thiophene rings is 1. The molecular formula is C10H12Br2OS. The molecule has 0 aromatic carbocycles. The molecule has 2 rings (SSSR count). The van der Waals surface area contributed by atoms with Crippen molar-refractivity contribution in [2.24, 2.45) is 5.92 Å². The van der Waals surface area contributed by atoms with Gasteiger partial charge in [0.1, 0.15) is 0 Å². The van der Waals surface area contributed by atoms with E-state index >= 15 is 0 Å². The highest BCUT2D eigenvalue weighted by Gasteiger charge is 2.23. The predicted octanol–water partition coefficient (Wildman–Crippen LogP) is 3.85. The lowest BCUT2D eigenvalue weighted by Crippen LogP contribution is -2.29. The average molecular weight is 340 g/mol. The second-order valence-electron chi connectivity index (χ2n) is 3.55. The Balaban J connectivity index is 1.95. The van der Waals surface area contributed by atoms with Crippen LogP contribution in [-0.2, 0) is 11.2 Å². The van der Waals surface area contributed by atoms with Crippen LogP contribution < -0.4 is 0 Å². The van der Waals surface area contributed by atoms with Crippen molar-refractivity contribution in [1.82, 2.24) is 0 Å². The molecule has 1 aromatic heterocycles. The molecule has 2 unspecified atom stereocenters. The summed E-state index contributed by atoms with van der Waals surface area (Å²) in [6, 6.07) is 4.32. The van der Waals surface area contributed by atoms with Gasteiger partial charge in [-0.3, -0.25) is 0 Å². The molecule has 0 aliphatic carbocycles. The first kappa shape index (κ1) is 11.1. The molecule has 1 aromatic rings. The van der Waals surface area contributed by atoms with Crippen LogP contribution in [-0.4, -0.2) is 18.0 Å². The second-order valence-corrected chi connectivity index (χ2v) is 7.27. The van der Waals surface area contributed by atoms with E-state index in [2.05, 4.69) is 44.0 Å². The van der Waals surface area contributed by atoms with Crippen molar-refractivity contribution < 1.29 is 4.74 Å². The number of ether oxygens (including phenoxy) is 1. The lowest BCUT2D eigenvalue weighted by molar-refractivity contribution is 0.0608. The van der Waals surface area contributed by atoms with Crippen LogP contribution >= 0.6 is 43.2 Å². The Kier molecular flexibility index (Phi) is 4.05. The summed E-state index contributed by atoms with van der Waals surface area (Å²) in [6.45, 7) is 1.80. The molecule has 1 aliphatic heterocycles. The third kappa shape index (κ3) is 2.81. The van der Waals surface area contributed by atoms with Crippen LogP contribution in [0.4, 0.5) is 0 Å². The normalized spacial score (nSPS) is 27.9. The summed E-state index contributed by atoms with van der Waals surface area (Å²) < 4.78 is 6.71. The molecule has 1 saturated heterocycles. The molecule has 78 valence electrons. The Morgan fingerprint density at radius 3 is 3.00 bits per heavy atom. The van der Waals surface area contributed by atoms with Crippen molar-refractivity contribution in [3.63, 3.8) is 0 Å². The van der Waals surface area contributed by atoms with E-state index in [4.69, 9.17) is 4.74 Å². The van der Waals surface area contributed by atoms with Crippen LogP contribution in [0.5, 0.6) is 0 Å². The van der Waals surface area contributed by atoms with Gasteiger partial charge < -0.3 is 4.74 Å². The fourth-order valence-electron chi connectivity index (χ4n) is 1.68. The maximum absolute atomic E-state index is 5.49. The second kappa shape index (κ2) is 5.10. The number of alkyl halides is 1. The first-order valence-corrected chi connectivity index (χ1v) is 7.24. The molecule has 4 heteroatoms. The average Bonchev–Trinajstić information content (AvgIpc) is 2.56. The summed E-state index contributed by atoms with van der Waals surface area (Å²) in [5.41, 5.74) is 0. The zero-order valence-electron chi connectivity index (χ0n) is 7.71. The van der Waals surface area contributed by atoms with Gasteiger partial charge in [-0.1, -0.05) is 15.9 Å². The Hall–Kier alpha value is 0.620. The largest absolute Gasteiger partial charge is 0.381 e. The molecule has 0 radical (unpaired) electrons. The fourth-order valence-corrected chi connectivity index (χ4v) is 3.78. The highest BCUT2D eigenvalue weighted by atomic mass is 79.9. The minimum atomic E-state index is 0.622. The lowest BCUT2D eigenvalue weighted by Gasteiger charge is -2.26. The van der Waals surface area contributed by atoms with Gasteiger partial charge in [0.15, 0.2) is 0 Å². The molecule has 2 heterocycles. The van der Waals surface area contributed by atoms with Crippen LogP contribution in [0.3, 0.4) is 0 Å². The SMILES string of the molecule is Brc1ccc(CC2COCCC2Br)s1. The van der Waals surface area contributed by atoms with Crippen molar-refractivity contribution in [2.75, 3.05) is 13.2 Å². The molecule has 0 N–H and O–H groups in total. The van der Waals surface area contributed by atoms with Gasteiger partial charge in [-0.2, -0.15) is 0 Å². The summed E-state index contributed by atoms with van der Waals surface area (Å²) in [7, 11) is 0. The summed E-state index contributed by atoms with van der Waals surface area (Å²) in [5.74, 6) is 0.634. The topological polar surface area (TPSA) is 9.23 Å². The Morgan fingerprint density at radius 1 is 1.50 bits per heavy atom. The van der Waals surface area contributed by atoms with Gasteiger partial charge >= 0.3 is 0 Å². The third-order valence-corrected chi connectivity index (χ3v) is 5.33. The van der Waals surface area contributed by atoms with Crippen LogP contribution in [0.25, 0.3) is 0 Å². The zero-order valence-corrected chi connectivity index (χ0v) is 11.7. The lowest BCUT2D eigenvalue weighted by atomic mass is 9.98. The van der Waals surface area contributed by atoms with Crippen LogP contribution in [0, 0.1) is 5.92 Å². The van der Waals surface area contributed by atoms with E-state index < -0.39 is 0 Å². The summed E-state index contributed by atoms with van der Waals surface area (Å²) in [5, 5.41) is 0. The van der Waals surface area contributed by atoms with Crippen molar-refractivity contribution >= 4 is 43.2 Å². The van der Waals surface area contributed by atoms with Gasteiger partial charge in [0.2, 0.25) is 0 Å². The fraction of sp³-hybridized carbons (Fsp3) is 0.600. The molecule has 0 bridgehead atoms. The van der Waals surface area contributed by atoms with Gasteiger partial charge in [-0.15, -0.1) is 11.3 Å². The quantitative estimate of drug-likeness (QED) is 0.743. The number of hydrogen-bond donors (Lipinski definition) is 0. The number of hydrogen-bond acceptors (Lipinski definition) is 2. The number of rotatable bonds is 2. The summed E-state index contributed by atoms with van der Waals surface area (Å²) in [6.07, 6.45) is 2.27. The van der Waals surface area contributed by atoms with Crippen LogP contribution in [0.15, 0.2) is 15.9 Å². The van der Waals surface area contributed by atoms with E-state index in [9.17, 15) is 0 Å². The van der Waals surface area contributed by atoms with Gasteiger partial charge in [0.05, 0.1) is 10.4 Å². The molecule has 0 spiro atoms. The molecule has 14 heavy (non-hydrogen) atoms. The minimum absolute atomic E-state index is 0.622. The third-order valence-electron chi connectivity index (χ3n) is 2.47. The standard InChI is InChI=1S/C10H12Br2OS/c11-9-3-4-13-6-7(9)5-8-1-2-10(12)14-8/h1-2,7,9H,3-6H2. The van der Waals surface area contributed by atoms with Crippen LogP contribution in [0.2, 0.25) is 0 Å². The van der Waals surface area contributed by atoms with Crippen LogP contribution in [0.1, 0.15) is 11.3 Å². The van der Waals surface area contributed by atoms with E-state index in [-0.39, 0.29) is 0 Å². The summed E-state index contributed by atoms with van der Waals surface area (Å²) >= 11 is 9.04. The van der Waals surface area contributed by atoms with Gasteiger partial charge in [0.25, 0.3) is 0 Å². The Labute approximate surface area is 105 Å². The highest BCUT2D eigenvalue weighted by Crippen LogP contribution is 2.29. The van der Waals surface area contributed by atoms with Crippen molar-refractivity contribution in [3.8, 4) is 0 Å². The summed E-state index contributed by atoms with van der Waals surface area (Å²) in [4.78, 5) is 2.06. The van der Waals surface area contributed by atoms with Crippen molar-refractivity contribution in [1.29, 1.82) is 0 Å². The first-order valence-electron chi connectivity index (χ1n) is 4.72. The maximum atomic E-state index is 5.49. The minimum Gasteiger partial charge on any atom is -0.381 e. The van der Waals surface area contributed by atoms with Gasteiger partial charge in [-0.25, -0.2) is 0 Å².